The van der Waals surface area contributed by atoms with Crippen LogP contribution in [0, 0.1) is 25.7 Å². The summed E-state index contributed by atoms with van der Waals surface area (Å²) >= 11 is 0. The van der Waals surface area contributed by atoms with Gasteiger partial charge in [-0.15, -0.1) is 0 Å². The monoisotopic (exact) mass is 381 g/mol. The number of phenols is 1. The molecule has 2 N–H and O–H groups in total. The van der Waals surface area contributed by atoms with Crippen LogP contribution in [0.2, 0.25) is 0 Å². The summed E-state index contributed by atoms with van der Waals surface area (Å²) in [5.74, 6) is 1.20. The maximum atomic E-state index is 10.2. The van der Waals surface area contributed by atoms with Crippen LogP contribution in [0.15, 0.2) is 47.6 Å². The zero-order chi connectivity index (χ0) is 19.9. The van der Waals surface area contributed by atoms with E-state index >= 15 is 0 Å². The molecule has 0 amide bonds. The van der Waals surface area contributed by atoms with Crippen molar-refractivity contribution in [2.45, 2.75) is 52.6 Å². The topological polar surface area (TPSA) is 62.0 Å². The van der Waals surface area contributed by atoms with Gasteiger partial charge in [-0.1, -0.05) is 47.1 Å². The molecular weight excluding hydrogens is 350 g/mol. The van der Waals surface area contributed by atoms with Gasteiger partial charge in [0.25, 0.3) is 0 Å². The minimum atomic E-state index is 0.266. The highest BCUT2D eigenvalue weighted by Crippen LogP contribution is 2.34. The Morgan fingerprint density at radius 3 is 2.39 bits per heavy atom. The molecule has 0 radical (unpaired) electrons. The smallest absolute Gasteiger partial charge is 0.142 e. The Labute approximate surface area is 167 Å². The molecule has 0 spiro atoms. The first-order valence-corrected chi connectivity index (χ1v) is 10.2. The lowest BCUT2D eigenvalue weighted by atomic mass is 9.77. The molecule has 1 saturated carbocycles. The van der Waals surface area contributed by atoms with Gasteiger partial charge in [0.2, 0.25) is 0 Å². The molecule has 4 nitrogen and oxygen atoms in total. The van der Waals surface area contributed by atoms with E-state index in [1.54, 1.807) is 6.07 Å². The Morgan fingerprint density at radius 1 is 1.04 bits per heavy atom. The molecule has 150 valence electrons. The zero-order valence-corrected chi connectivity index (χ0v) is 16.9. The van der Waals surface area contributed by atoms with E-state index in [2.05, 4.69) is 36.3 Å². The number of hydrogen-bond acceptors (Lipinski definition) is 4. The van der Waals surface area contributed by atoms with Gasteiger partial charge in [-0.2, -0.15) is 0 Å². The van der Waals surface area contributed by atoms with Gasteiger partial charge in [0, 0.05) is 18.1 Å². The largest absolute Gasteiger partial charge is 0.508 e. The fourth-order valence-electron chi connectivity index (χ4n) is 3.90. The van der Waals surface area contributed by atoms with Crippen molar-refractivity contribution < 1.29 is 15.1 Å². The van der Waals surface area contributed by atoms with Gasteiger partial charge >= 0.3 is 0 Å². The van der Waals surface area contributed by atoms with Gasteiger partial charge < -0.3 is 15.1 Å². The molecule has 0 atom stereocenters. The van der Waals surface area contributed by atoms with Gasteiger partial charge in [0.15, 0.2) is 0 Å². The first-order valence-electron chi connectivity index (χ1n) is 10.2. The third kappa shape index (κ3) is 5.35. The molecule has 0 aliphatic heterocycles. The van der Waals surface area contributed by atoms with E-state index in [1.807, 2.05) is 19.1 Å². The minimum absolute atomic E-state index is 0.266. The van der Waals surface area contributed by atoms with E-state index in [0.29, 0.717) is 18.4 Å². The number of aliphatic hydroxyl groups is 1. The van der Waals surface area contributed by atoms with Crippen molar-refractivity contribution in [2.75, 3.05) is 6.61 Å². The molecule has 0 saturated heterocycles. The minimum Gasteiger partial charge on any atom is -0.508 e. The van der Waals surface area contributed by atoms with Crippen LogP contribution in [-0.4, -0.2) is 22.5 Å². The molecule has 1 fully saturated rings. The number of rotatable bonds is 7. The van der Waals surface area contributed by atoms with Gasteiger partial charge in [-0.05, 0) is 69.1 Å². The molecule has 28 heavy (non-hydrogen) atoms. The van der Waals surface area contributed by atoms with Crippen molar-refractivity contribution in [3.05, 3.63) is 64.7 Å². The van der Waals surface area contributed by atoms with Crippen molar-refractivity contribution in [1.29, 1.82) is 0 Å². The molecule has 0 heterocycles. The van der Waals surface area contributed by atoms with Crippen LogP contribution >= 0.6 is 0 Å². The number of benzene rings is 2. The number of oxime groups is 1. The molecule has 2 aromatic rings. The van der Waals surface area contributed by atoms with E-state index in [-0.39, 0.29) is 12.4 Å². The van der Waals surface area contributed by atoms with E-state index in [1.165, 1.54) is 5.56 Å². The number of nitrogens with zero attached hydrogens (tertiary/aromatic N) is 1. The standard InChI is InChI=1S/C24H31NO3/c1-17-3-6-20(7-4-17)16-28-25-24(22-10-5-18(2)23(27)15-22)21-11-8-19(9-12-21)13-14-26/h3-7,10,15,19,21,26-27H,8-9,11-14,16H2,1-2H3. The van der Waals surface area contributed by atoms with Gasteiger partial charge in [-0.25, -0.2) is 0 Å². The highest BCUT2D eigenvalue weighted by atomic mass is 16.6. The summed E-state index contributed by atoms with van der Waals surface area (Å²) in [5, 5.41) is 23.9. The highest BCUT2D eigenvalue weighted by molar-refractivity contribution is 6.02. The fraction of sp³-hybridized carbons (Fsp3) is 0.458. The lowest BCUT2D eigenvalue weighted by molar-refractivity contribution is 0.127. The van der Waals surface area contributed by atoms with E-state index in [0.717, 1.165) is 54.5 Å². The normalized spacial score (nSPS) is 20.2. The van der Waals surface area contributed by atoms with Crippen molar-refractivity contribution >= 4 is 5.71 Å². The van der Waals surface area contributed by atoms with E-state index in [9.17, 15) is 10.2 Å². The van der Waals surface area contributed by atoms with Crippen molar-refractivity contribution in [3.8, 4) is 5.75 Å². The second-order valence-electron chi connectivity index (χ2n) is 7.97. The van der Waals surface area contributed by atoms with Crippen molar-refractivity contribution in [2.24, 2.45) is 17.0 Å². The summed E-state index contributed by atoms with van der Waals surface area (Å²) in [6.07, 6.45) is 5.15. The van der Waals surface area contributed by atoms with Gasteiger partial charge in [-0.3, -0.25) is 0 Å². The highest BCUT2D eigenvalue weighted by Gasteiger charge is 2.26. The number of phenolic OH excluding ortho intramolecular Hbond substituents is 1. The van der Waals surface area contributed by atoms with Crippen LogP contribution in [0.25, 0.3) is 0 Å². The Bertz CT molecular complexity index is 790. The molecule has 1 aliphatic rings. The Kier molecular flexibility index (Phi) is 7.10. The van der Waals surface area contributed by atoms with Crippen LogP contribution in [0.3, 0.4) is 0 Å². The fourth-order valence-corrected chi connectivity index (χ4v) is 3.90. The Morgan fingerprint density at radius 2 is 1.75 bits per heavy atom. The molecule has 0 aromatic heterocycles. The molecule has 1 aliphatic carbocycles. The zero-order valence-electron chi connectivity index (χ0n) is 16.9. The van der Waals surface area contributed by atoms with E-state index in [4.69, 9.17) is 4.84 Å². The second kappa shape index (κ2) is 9.74. The first kappa shape index (κ1) is 20.4. The summed E-state index contributed by atoms with van der Waals surface area (Å²) in [6, 6.07) is 14.0. The third-order valence-corrected chi connectivity index (χ3v) is 5.79. The predicted molar refractivity (Wildman–Crippen MR) is 112 cm³/mol. The average molecular weight is 382 g/mol. The number of aryl methyl sites for hydroxylation is 2. The molecule has 3 rings (SSSR count). The summed E-state index contributed by atoms with van der Waals surface area (Å²) in [5.41, 5.74) is 5.02. The molecule has 0 unspecified atom stereocenters. The van der Waals surface area contributed by atoms with Crippen LogP contribution in [0.4, 0.5) is 0 Å². The quantitative estimate of drug-likeness (QED) is 0.517. The average Bonchev–Trinajstić information content (AvgIpc) is 2.70. The van der Waals surface area contributed by atoms with Crippen LogP contribution in [-0.2, 0) is 11.4 Å². The molecule has 0 bridgehead atoms. The molecule has 2 aromatic carbocycles. The number of aromatic hydroxyl groups is 1. The second-order valence-corrected chi connectivity index (χ2v) is 7.97. The van der Waals surface area contributed by atoms with E-state index < -0.39 is 0 Å². The summed E-state index contributed by atoms with van der Waals surface area (Å²) in [6.45, 7) is 4.66. The first-order chi connectivity index (χ1) is 13.6. The van der Waals surface area contributed by atoms with Gasteiger partial charge in [0.05, 0.1) is 5.71 Å². The van der Waals surface area contributed by atoms with Crippen LogP contribution < -0.4 is 0 Å². The van der Waals surface area contributed by atoms with Crippen molar-refractivity contribution in [3.63, 3.8) is 0 Å². The van der Waals surface area contributed by atoms with Crippen LogP contribution in [0.5, 0.6) is 5.75 Å². The summed E-state index contributed by atoms with van der Waals surface area (Å²) in [4.78, 5) is 5.74. The number of hydrogen-bond donors (Lipinski definition) is 2. The predicted octanol–water partition coefficient (Wildman–Crippen LogP) is 5.12. The van der Waals surface area contributed by atoms with Crippen molar-refractivity contribution in [1.82, 2.24) is 0 Å². The SMILES string of the molecule is Cc1ccc(CON=C(c2ccc(C)c(O)c2)C2CCC(CCO)CC2)cc1. The van der Waals surface area contributed by atoms with Crippen LogP contribution in [0.1, 0.15) is 54.4 Å². The maximum absolute atomic E-state index is 10.2. The molecular formula is C24H31NO3. The lowest BCUT2D eigenvalue weighted by Crippen LogP contribution is -2.23. The Hall–Kier alpha value is -2.33. The number of aliphatic hydroxyl groups excluding tert-OH is 1. The summed E-state index contributed by atoms with van der Waals surface area (Å²) < 4.78 is 0. The Balaban J connectivity index is 1.75. The molecule has 4 heteroatoms. The third-order valence-electron chi connectivity index (χ3n) is 5.79. The van der Waals surface area contributed by atoms with Gasteiger partial charge in [0.1, 0.15) is 12.4 Å². The summed E-state index contributed by atoms with van der Waals surface area (Å²) in [7, 11) is 0. The maximum Gasteiger partial charge on any atom is 0.142 e. The lowest BCUT2D eigenvalue weighted by Gasteiger charge is -2.29.